The van der Waals surface area contributed by atoms with Gasteiger partial charge in [-0.3, -0.25) is 14.4 Å². The fraction of sp³-hybridized carbons (Fsp3) is 0.321. The van der Waals surface area contributed by atoms with E-state index in [2.05, 4.69) is 10.6 Å². The monoisotopic (exact) mass is 525 g/mol. The molecule has 2 aromatic carbocycles. The van der Waals surface area contributed by atoms with E-state index in [4.69, 9.17) is 4.74 Å². The van der Waals surface area contributed by atoms with Crippen molar-refractivity contribution in [3.63, 3.8) is 0 Å². The Hall–Kier alpha value is -3.72. The van der Waals surface area contributed by atoms with Gasteiger partial charge in [-0.25, -0.2) is 4.39 Å². The SMILES string of the molecule is CCC(C)(C)NC(=O)[C@@H](c1cccc(OC)c1)N(Cc1ccc(F)cc1)C(=O)CNC(=O)c1cccs1. The van der Waals surface area contributed by atoms with Crippen LogP contribution in [0, 0.1) is 5.82 Å². The Balaban J connectivity index is 2.00. The predicted molar refractivity (Wildman–Crippen MR) is 142 cm³/mol. The Bertz CT molecular complexity index is 1210. The van der Waals surface area contributed by atoms with E-state index in [9.17, 15) is 18.8 Å². The molecule has 0 fully saturated rings. The van der Waals surface area contributed by atoms with Crippen molar-refractivity contribution in [1.82, 2.24) is 15.5 Å². The maximum Gasteiger partial charge on any atom is 0.261 e. The molecule has 3 rings (SSSR count). The van der Waals surface area contributed by atoms with Gasteiger partial charge in [-0.1, -0.05) is 37.3 Å². The minimum Gasteiger partial charge on any atom is -0.497 e. The number of thiophene rings is 1. The number of ether oxygens (including phenoxy) is 1. The third-order valence-electron chi connectivity index (χ3n) is 6.05. The van der Waals surface area contributed by atoms with Gasteiger partial charge in [0.1, 0.15) is 17.6 Å². The highest BCUT2D eigenvalue weighted by atomic mass is 32.1. The molecule has 0 aliphatic heterocycles. The summed E-state index contributed by atoms with van der Waals surface area (Å²) in [7, 11) is 1.52. The predicted octanol–water partition coefficient (Wildman–Crippen LogP) is 4.70. The van der Waals surface area contributed by atoms with Gasteiger partial charge >= 0.3 is 0 Å². The molecule has 196 valence electrons. The summed E-state index contributed by atoms with van der Waals surface area (Å²) in [6.45, 7) is 5.48. The molecular formula is C28H32FN3O4S. The topological polar surface area (TPSA) is 87.7 Å². The van der Waals surface area contributed by atoms with Gasteiger partial charge in [-0.15, -0.1) is 11.3 Å². The number of benzene rings is 2. The number of hydrogen-bond acceptors (Lipinski definition) is 5. The Kier molecular flexibility index (Phi) is 9.41. The third-order valence-corrected chi connectivity index (χ3v) is 6.92. The molecule has 0 radical (unpaired) electrons. The largest absolute Gasteiger partial charge is 0.497 e. The first-order valence-corrected chi connectivity index (χ1v) is 12.8. The number of hydrogen-bond donors (Lipinski definition) is 2. The fourth-order valence-corrected chi connectivity index (χ4v) is 4.28. The first kappa shape index (κ1) is 27.9. The molecular weight excluding hydrogens is 493 g/mol. The highest BCUT2D eigenvalue weighted by Crippen LogP contribution is 2.28. The molecule has 0 spiro atoms. The van der Waals surface area contributed by atoms with Crippen molar-refractivity contribution in [3.8, 4) is 5.75 Å². The van der Waals surface area contributed by atoms with Crippen molar-refractivity contribution in [2.24, 2.45) is 0 Å². The molecule has 2 N–H and O–H groups in total. The number of rotatable bonds is 11. The van der Waals surface area contributed by atoms with Crippen LogP contribution in [0.5, 0.6) is 5.75 Å². The van der Waals surface area contributed by atoms with Gasteiger partial charge in [0.05, 0.1) is 18.5 Å². The molecule has 0 unspecified atom stereocenters. The second kappa shape index (κ2) is 12.5. The summed E-state index contributed by atoms with van der Waals surface area (Å²) >= 11 is 1.27. The van der Waals surface area contributed by atoms with Crippen LogP contribution in [-0.4, -0.2) is 41.8 Å². The lowest BCUT2D eigenvalue weighted by Gasteiger charge is -2.35. The zero-order valence-corrected chi connectivity index (χ0v) is 22.2. The number of methoxy groups -OCH3 is 1. The maximum absolute atomic E-state index is 13.7. The molecule has 1 atom stereocenters. The Labute approximate surface area is 220 Å². The molecule has 0 saturated carbocycles. The van der Waals surface area contributed by atoms with Crippen LogP contribution in [0.3, 0.4) is 0 Å². The molecule has 0 bridgehead atoms. The lowest BCUT2D eigenvalue weighted by atomic mass is 9.98. The number of carbonyl (C=O) groups excluding carboxylic acids is 3. The average Bonchev–Trinajstić information content (AvgIpc) is 3.43. The maximum atomic E-state index is 13.7. The number of nitrogens with one attached hydrogen (secondary N) is 2. The van der Waals surface area contributed by atoms with Gasteiger partial charge in [0, 0.05) is 12.1 Å². The quantitative estimate of drug-likeness (QED) is 0.380. The van der Waals surface area contributed by atoms with Crippen LogP contribution in [0.2, 0.25) is 0 Å². The third kappa shape index (κ3) is 7.63. The molecule has 1 heterocycles. The summed E-state index contributed by atoms with van der Waals surface area (Å²) in [6, 6.07) is 15.1. The van der Waals surface area contributed by atoms with Crippen LogP contribution < -0.4 is 15.4 Å². The molecule has 0 saturated heterocycles. The van der Waals surface area contributed by atoms with Crippen LogP contribution in [0.25, 0.3) is 0 Å². The Morgan fingerprint density at radius 1 is 1.08 bits per heavy atom. The van der Waals surface area contributed by atoms with Gasteiger partial charge in [0.15, 0.2) is 0 Å². The second-order valence-corrected chi connectivity index (χ2v) is 10.2. The Morgan fingerprint density at radius 2 is 1.81 bits per heavy atom. The van der Waals surface area contributed by atoms with E-state index in [0.717, 1.165) is 0 Å². The molecule has 1 aromatic heterocycles. The molecule has 3 amide bonds. The number of halogens is 1. The van der Waals surface area contributed by atoms with Crippen LogP contribution in [0.4, 0.5) is 4.39 Å². The summed E-state index contributed by atoms with van der Waals surface area (Å²) in [4.78, 5) is 41.7. The summed E-state index contributed by atoms with van der Waals surface area (Å²) in [6.07, 6.45) is 0.673. The van der Waals surface area contributed by atoms with Crippen molar-refractivity contribution in [2.75, 3.05) is 13.7 Å². The fourth-order valence-electron chi connectivity index (χ4n) is 3.64. The second-order valence-electron chi connectivity index (χ2n) is 9.21. The van der Waals surface area contributed by atoms with E-state index in [1.165, 1.54) is 35.5 Å². The minimum atomic E-state index is -1.03. The molecule has 7 nitrogen and oxygen atoms in total. The van der Waals surface area contributed by atoms with E-state index >= 15 is 0 Å². The number of amides is 3. The zero-order valence-electron chi connectivity index (χ0n) is 21.4. The van der Waals surface area contributed by atoms with E-state index in [0.29, 0.717) is 28.2 Å². The molecule has 37 heavy (non-hydrogen) atoms. The van der Waals surface area contributed by atoms with E-state index in [1.807, 2.05) is 20.8 Å². The van der Waals surface area contributed by atoms with Gasteiger partial charge < -0.3 is 20.3 Å². The molecule has 9 heteroatoms. The molecule has 0 aliphatic rings. The van der Waals surface area contributed by atoms with E-state index in [1.54, 1.807) is 53.9 Å². The normalized spacial score (nSPS) is 11.9. The van der Waals surface area contributed by atoms with Gasteiger partial charge in [-0.05, 0) is 67.1 Å². The first-order valence-electron chi connectivity index (χ1n) is 11.9. The standard InChI is InChI=1S/C28H32FN3O4S/c1-5-28(2,3)31-27(35)25(20-8-6-9-22(16-20)36-4)32(18-19-11-13-21(29)14-12-19)24(33)17-30-26(34)23-10-7-15-37-23/h6-16,25H,5,17-18H2,1-4H3,(H,30,34)(H,31,35)/t25-/m1/s1. The molecule has 0 aliphatic carbocycles. The van der Waals surface area contributed by atoms with Crippen molar-refractivity contribution >= 4 is 29.1 Å². The minimum absolute atomic E-state index is 0.0236. The number of carbonyl (C=O) groups is 3. The van der Waals surface area contributed by atoms with Crippen LogP contribution in [0.15, 0.2) is 66.0 Å². The summed E-state index contributed by atoms with van der Waals surface area (Å²) in [5, 5.41) is 7.47. The van der Waals surface area contributed by atoms with Crippen molar-refractivity contribution < 1.29 is 23.5 Å². The smallest absolute Gasteiger partial charge is 0.261 e. The van der Waals surface area contributed by atoms with Crippen LogP contribution in [-0.2, 0) is 16.1 Å². The summed E-state index contributed by atoms with van der Waals surface area (Å²) in [5.41, 5.74) is 0.658. The van der Waals surface area contributed by atoms with Gasteiger partial charge in [0.25, 0.3) is 5.91 Å². The number of nitrogens with zero attached hydrogens (tertiary/aromatic N) is 1. The van der Waals surface area contributed by atoms with Gasteiger partial charge in [-0.2, -0.15) is 0 Å². The zero-order chi connectivity index (χ0) is 27.0. The van der Waals surface area contributed by atoms with Crippen molar-refractivity contribution in [1.29, 1.82) is 0 Å². The van der Waals surface area contributed by atoms with Crippen molar-refractivity contribution in [3.05, 3.63) is 87.9 Å². The van der Waals surface area contributed by atoms with E-state index in [-0.39, 0.29) is 24.9 Å². The highest BCUT2D eigenvalue weighted by Gasteiger charge is 2.34. The highest BCUT2D eigenvalue weighted by molar-refractivity contribution is 7.12. The van der Waals surface area contributed by atoms with Gasteiger partial charge in [0.2, 0.25) is 11.8 Å². The van der Waals surface area contributed by atoms with Crippen LogP contribution in [0.1, 0.15) is 54.0 Å². The lowest BCUT2D eigenvalue weighted by molar-refractivity contribution is -0.141. The van der Waals surface area contributed by atoms with Crippen LogP contribution >= 0.6 is 11.3 Å². The summed E-state index contributed by atoms with van der Waals surface area (Å²) < 4.78 is 18.9. The summed E-state index contributed by atoms with van der Waals surface area (Å²) in [5.74, 6) is -1.09. The average molecular weight is 526 g/mol. The van der Waals surface area contributed by atoms with E-state index < -0.39 is 23.3 Å². The van der Waals surface area contributed by atoms with Crippen molar-refractivity contribution in [2.45, 2.75) is 45.3 Å². The lowest BCUT2D eigenvalue weighted by Crippen LogP contribution is -2.51. The first-order chi connectivity index (χ1) is 17.6. The molecule has 3 aromatic rings. The Morgan fingerprint density at radius 3 is 2.43 bits per heavy atom.